The number of rotatable bonds is 5. The Kier molecular flexibility index (Phi) is 5.48. The van der Waals surface area contributed by atoms with Crippen LogP contribution in [0, 0.1) is 11.3 Å². The largest absolute Gasteiger partial charge is 0.416 e. The number of hydrogen-bond donors (Lipinski definition) is 2. The summed E-state index contributed by atoms with van der Waals surface area (Å²) >= 11 is 0.734. The van der Waals surface area contributed by atoms with Crippen molar-refractivity contribution in [1.82, 2.24) is 5.32 Å². The van der Waals surface area contributed by atoms with Crippen molar-refractivity contribution in [2.75, 3.05) is 24.2 Å². The second kappa shape index (κ2) is 7.34. The van der Waals surface area contributed by atoms with Crippen LogP contribution in [0.25, 0.3) is 0 Å². The molecular formula is C17H19F5N2OS. The molecule has 1 saturated carbocycles. The molecule has 1 spiro atoms. The highest BCUT2D eigenvalue weighted by atomic mass is 32.2. The fourth-order valence-corrected chi connectivity index (χ4v) is 4.23. The van der Waals surface area contributed by atoms with Gasteiger partial charge in [-0.3, -0.25) is 4.79 Å². The van der Waals surface area contributed by atoms with E-state index in [0.29, 0.717) is 0 Å². The van der Waals surface area contributed by atoms with E-state index in [4.69, 9.17) is 0 Å². The fourth-order valence-electron chi connectivity index (χ4n) is 3.50. The van der Waals surface area contributed by atoms with Crippen LogP contribution in [0.5, 0.6) is 0 Å². The summed E-state index contributed by atoms with van der Waals surface area (Å²) in [5, 5.41) is 5.77. The molecule has 1 atom stereocenters. The fraction of sp³-hybridized carbons (Fsp3) is 0.588. The van der Waals surface area contributed by atoms with Crippen LogP contribution in [-0.4, -0.2) is 31.2 Å². The number of halogens is 5. The zero-order valence-corrected chi connectivity index (χ0v) is 14.7. The summed E-state index contributed by atoms with van der Waals surface area (Å²) in [5.74, 6) is -1.11. The summed E-state index contributed by atoms with van der Waals surface area (Å²) in [6, 6.07) is 2.80. The molecule has 2 N–H and O–H groups in total. The number of hydrogen-bond acceptors (Lipinski definition) is 3. The third kappa shape index (κ3) is 4.31. The van der Waals surface area contributed by atoms with Crippen molar-refractivity contribution >= 4 is 23.4 Å². The van der Waals surface area contributed by atoms with E-state index in [2.05, 4.69) is 10.6 Å². The standard InChI is InChI=1S/C17H19F5N2OS/c18-14(19)9-26-13-2-1-10(17(20,21)22)7-12(13)24-15(25)11-8-16(11)3-5-23-6-4-16/h1-2,7,11,14,23H,3-6,8-9H2,(H,24,25). The summed E-state index contributed by atoms with van der Waals surface area (Å²) in [4.78, 5) is 12.7. The second-order valence-corrected chi connectivity index (χ2v) is 7.83. The SMILES string of the molecule is O=C(Nc1cc(C(F)(F)F)ccc1SCC(F)F)C1CC12CCNCC2. The predicted molar refractivity (Wildman–Crippen MR) is 89.4 cm³/mol. The first-order chi connectivity index (χ1) is 12.2. The minimum absolute atomic E-state index is 0.0496. The van der Waals surface area contributed by atoms with Crippen LogP contribution in [0.4, 0.5) is 27.6 Å². The van der Waals surface area contributed by atoms with Crippen LogP contribution in [0.1, 0.15) is 24.8 Å². The Hall–Kier alpha value is -1.35. The number of nitrogens with one attached hydrogen (secondary N) is 2. The average molecular weight is 394 g/mol. The molecule has 0 aromatic heterocycles. The zero-order chi connectivity index (χ0) is 18.9. The Morgan fingerprint density at radius 1 is 1.31 bits per heavy atom. The van der Waals surface area contributed by atoms with E-state index in [1.54, 1.807) is 0 Å². The molecule has 1 aromatic rings. The molecule has 2 fully saturated rings. The molecule has 1 aliphatic carbocycles. The van der Waals surface area contributed by atoms with Crippen LogP contribution >= 0.6 is 11.8 Å². The Labute approximate surface area is 152 Å². The van der Waals surface area contributed by atoms with Crippen molar-refractivity contribution in [3.05, 3.63) is 23.8 Å². The van der Waals surface area contributed by atoms with Gasteiger partial charge in [0.25, 0.3) is 0 Å². The van der Waals surface area contributed by atoms with Crippen molar-refractivity contribution < 1.29 is 26.7 Å². The van der Waals surface area contributed by atoms with Crippen molar-refractivity contribution in [3.8, 4) is 0 Å². The van der Waals surface area contributed by atoms with Gasteiger partial charge in [0.15, 0.2) is 0 Å². The lowest BCUT2D eigenvalue weighted by molar-refractivity contribution is -0.137. The van der Waals surface area contributed by atoms with E-state index in [0.717, 1.165) is 62.3 Å². The van der Waals surface area contributed by atoms with Gasteiger partial charge >= 0.3 is 6.18 Å². The topological polar surface area (TPSA) is 41.1 Å². The second-order valence-electron chi connectivity index (χ2n) is 6.77. The third-order valence-electron chi connectivity index (χ3n) is 5.04. The minimum atomic E-state index is -4.57. The van der Waals surface area contributed by atoms with Gasteiger partial charge in [0.2, 0.25) is 12.3 Å². The van der Waals surface area contributed by atoms with Crippen LogP contribution in [-0.2, 0) is 11.0 Å². The molecule has 1 aliphatic heterocycles. The highest BCUT2D eigenvalue weighted by Gasteiger charge is 2.57. The van der Waals surface area contributed by atoms with Crippen LogP contribution in [0.2, 0.25) is 0 Å². The van der Waals surface area contributed by atoms with Gasteiger partial charge < -0.3 is 10.6 Å². The lowest BCUT2D eigenvalue weighted by Gasteiger charge is -2.23. The maximum atomic E-state index is 13.0. The van der Waals surface area contributed by atoms with Gasteiger partial charge in [0.05, 0.1) is 17.0 Å². The third-order valence-corrected chi connectivity index (χ3v) is 6.12. The number of carbonyl (C=O) groups is 1. The Morgan fingerprint density at radius 2 is 2.00 bits per heavy atom. The lowest BCUT2D eigenvalue weighted by Crippen LogP contribution is -2.31. The number of amides is 1. The molecular weight excluding hydrogens is 375 g/mol. The molecule has 26 heavy (non-hydrogen) atoms. The summed E-state index contributed by atoms with van der Waals surface area (Å²) in [5.41, 5.74) is -1.03. The van der Waals surface area contributed by atoms with Crippen molar-refractivity contribution in [2.45, 2.75) is 36.8 Å². The summed E-state index contributed by atoms with van der Waals surface area (Å²) in [7, 11) is 0. The monoisotopic (exact) mass is 394 g/mol. The van der Waals surface area contributed by atoms with E-state index in [1.165, 1.54) is 0 Å². The van der Waals surface area contributed by atoms with Gasteiger partial charge in [-0.05, 0) is 56.0 Å². The molecule has 0 bridgehead atoms. The maximum absolute atomic E-state index is 13.0. The normalized spacial score (nSPS) is 21.8. The first-order valence-corrected chi connectivity index (χ1v) is 9.34. The molecule has 9 heteroatoms. The molecule has 1 aromatic carbocycles. The molecule has 1 amide bonds. The molecule has 1 saturated heterocycles. The lowest BCUT2D eigenvalue weighted by atomic mass is 9.92. The predicted octanol–water partition coefficient (Wildman–Crippen LogP) is 4.39. The van der Waals surface area contributed by atoms with Gasteiger partial charge in [0, 0.05) is 10.8 Å². The van der Waals surface area contributed by atoms with E-state index >= 15 is 0 Å². The van der Waals surface area contributed by atoms with Gasteiger partial charge in [-0.1, -0.05) is 0 Å². The number of anilines is 1. The van der Waals surface area contributed by atoms with Crippen molar-refractivity contribution in [2.24, 2.45) is 11.3 Å². The first-order valence-electron chi connectivity index (χ1n) is 8.35. The highest BCUT2D eigenvalue weighted by Crippen LogP contribution is 2.59. The van der Waals surface area contributed by atoms with E-state index in [9.17, 15) is 26.7 Å². The summed E-state index contributed by atoms with van der Waals surface area (Å²) in [6.45, 7) is 1.64. The summed E-state index contributed by atoms with van der Waals surface area (Å²) < 4.78 is 63.8. The molecule has 1 unspecified atom stereocenters. The number of piperidine rings is 1. The molecule has 144 valence electrons. The molecule has 3 rings (SSSR count). The Bertz CT molecular complexity index is 674. The number of alkyl halides is 5. The highest BCUT2D eigenvalue weighted by molar-refractivity contribution is 7.99. The smallest absolute Gasteiger partial charge is 0.325 e. The van der Waals surface area contributed by atoms with Crippen LogP contribution < -0.4 is 10.6 Å². The van der Waals surface area contributed by atoms with Crippen LogP contribution in [0.15, 0.2) is 23.1 Å². The molecule has 0 radical (unpaired) electrons. The van der Waals surface area contributed by atoms with Gasteiger partial charge in [-0.2, -0.15) is 13.2 Å². The van der Waals surface area contributed by atoms with Crippen LogP contribution in [0.3, 0.4) is 0 Å². The molecule has 1 heterocycles. The quantitative estimate of drug-likeness (QED) is 0.575. The van der Waals surface area contributed by atoms with Gasteiger partial charge in [-0.15, -0.1) is 11.8 Å². The number of carbonyl (C=O) groups excluding carboxylic acids is 1. The van der Waals surface area contributed by atoms with Gasteiger partial charge in [-0.25, -0.2) is 8.78 Å². The molecule has 3 nitrogen and oxygen atoms in total. The first kappa shape index (κ1) is 19.4. The number of thioether (sulfide) groups is 1. The maximum Gasteiger partial charge on any atom is 0.416 e. The minimum Gasteiger partial charge on any atom is -0.325 e. The van der Waals surface area contributed by atoms with E-state index in [-0.39, 0.29) is 27.8 Å². The molecule has 2 aliphatic rings. The average Bonchev–Trinajstić information content (AvgIpc) is 3.26. The zero-order valence-electron chi connectivity index (χ0n) is 13.8. The summed E-state index contributed by atoms with van der Waals surface area (Å²) in [6.07, 6.45) is -4.71. The van der Waals surface area contributed by atoms with E-state index in [1.807, 2.05) is 0 Å². The van der Waals surface area contributed by atoms with Crippen molar-refractivity contribution in [3.63, 3.8) is 0 Å². The van der Waals surface area contributed by atoms with E-state index < -0.39 is 23.9 Å². The van der Waals surface area contributed by atoms with Crippen molar-refractivity contribution in [1.29, 1.82) is 0 Å². The Balaban J connectivity index is 1.76. The number of benzene rings is 1. The van der Waals surface area contributed by atoms with Gasteiger partial charge in [0.1, 0.15) is 0 Å². The Morgan fingerprint density at radius 3 is 2.62 bits per heavy atom.